The first kappa shape index (κ1) is 26.0. The highest BCUT2D eigenvalue weighted by molar-refractivity contribution is 6.62. The highest BCUT2D eigenvalue weighted by atomic mass is 28.4. The Kier molecular flexibility index (Phi) is 15.0. The summed E-state index contributed by atoms with van der Waals surface area (Å²) in [5.74, 6) is 0. The van der Waals surface area contributed by atoms with Crippen LogP contribution in [0.25, 0.3) is 0 Å². The zero-order valence-electron chi connectivity index (χ0n) is 18.2. The summed E-state index contributed by atoms with van der Waals surface area (Å²) in [6.07, 6.45) is 2.47. The molecule has 0 bridgehead atoms. The second-order valence-electron chi connectivity index (χ2n) is 6.41. The lowest BCUT2D eigenvalue weighted by molar-refractivity contribution is -0.168. The third kappa shape index (κ3) is 9.26. The average Bonchev–Trinajstić information content (AvgIpc) is 2.62. The molecule has 0 aliphatic rings. The van der Waals surface area contributed by atoms with Gasteiger partial charge in [0.25, 0.3) is 0 Å². The Labute approximate surface area is 162 Å². The Bertz CT molecular complexity index is 310. The fourth-order valence-corrected chi connectivity index (χ4v) is 6.31. The van der Waals surface area contributed by atoms with Gasteiger partial charge in [-0.1, -0.05) is 13.8 Å². The first-order valence-electron chi connectivity index (χ1n) is 10.1. The lowest BCUT2D eigenvalue weighted by atomic mass is 10.2. The van der Waals surface area contributed by atoms with Crippen LogP contribution < -0.4 is 0 Å². The molecule has 0 aromatic carbocycles. The van der Waals surface area contributed by atoms with E-state index < -0.39 is 8.80 Å². The molecular weight excluding hydrogens is 352 g/mol. The van der Waals surface area contributed by atoms with E-state index in [1.165, 1.54) is 0 Å². The number of ether oxygens (including phenoxy) is 3. The Balaban J connectivity index is 4.74. The highest BCUT2D eigenvalue weighted by Crippen LogP contribution is 2.34. The molecule has 0 spiro atoms. The van der Waals surface area contributed by atoms with Crippen molar-refractivity contribution in [3.63, 3.8) is 0 Å². The van der Waals surface area contributed by atoms with Gasteiger partial charge in [0.1, 0.15) is 0 Å². The summed E-state index contributed by atoms with van der Waals surface area (Å²) in [6.45, 7) is 16.6. The first-order valence-corrected chi connectivity index (χ1v) is 11.9. The lowest BCUT2D eigenvalue weighted by Gasteiger charge is -2.36. The summed E-state index contributed by atoms with van der Waals surface area (Å²) in [7, 11) is -1.05. The summed E-state index contributed by atoms with van der Waals surface area (Å²) in [5, 5.41) is 0. The standard InChI is InChI=1S/C19H42O6Si/c1-9-18(26(22-11-3,23-12-4)24-13-5)14-16(6)21-15-17(7)25-19(10-2)20-8/h16-19H,9-15H2,1-8H3. The second-order valence-corrected chi connectivity index (χ2v) is 9.30. The number of methoxy groups -OCH3 is 1. The molecule has 0 aliphatic heterocycles. The summed E-state index contributed by atoms with van der Waals surface area (Å²) in [6, 6.07) is 0. The third-order valence-electron chi connectivity index (χ3n) is 4.24. The molecule has 4 unspecified atom stereocenters. The molecular formula is C19H42O6Si. The number of hydrogen-bond donors (Lipinski definition) is 0. The van der Waals surface area contributed by atoms with Gasteiger partial charge < -0.3 is 27.5 Å². The predicted octanol–water partition coefficient (Wildman–Crippen LogP) is 4.40. The smallest absolute Gasteiger partial charge is 0.376 e. The van der Waals surface area contributed by atoms with E-state index in [9.17, 15) is 0 Å². The molecule has 0 fully saturated rings. The Hall–Kier alpha value is -0.0231. The Morgan fingerprint density at radius 1 is 0.769 bits per heavy atom. The van der Waals surface area contributed by atoms with Gasteiger partial charge in [-0.15, -0.1) is 0 Å². The molecule has 26 heavy (non-hydrogen) atoms. The molecule has 0 amide bonds. The molecule has 7 heteroatoms. The van der Waals surface area contributed by atoms with Crippen molar-refractivity contribution in [2.45, 2.75) is 91.8 Å². The van der Waals surface area contributed by atoms with E-state index in [2.05, 4.69) is 13.8 Å². The molecule has 158 valence electrons. The monoisotopic (exact) mass is 394 g/mol. The van der Waals surface area contributed by atoms with E-state index >= 15 is 0 Å². The van der Waals surface area contributed by atoms with Crippen LogP contribution in [0, 0.1) is 0 Å². The number of hydrogen-bond acceptors (Lipinski definition) is 6. The molecule has 0 aromatic heterocycles. The molecule has 0 rings (SSSR count). The highest BCUT2D eigenvalue weighted by Gasteiger charge is 2.48. The van der Waals surface area contributed by atoms with Crippen molar-refractivity contribution in [3.05, 3.63) is 0 Å². The van der Waals surface area contributed by atoms with Crippen molar-refractivity contribution in [2.75, 3.05) is 33.5 Å². The first-order chi connectivity index (χ1) is 12.4. The van der Waals surface area contributed by atoms with Crippen molar-refractivity contribution in [1.29, 1.82) is 0 Å². The van der Waals surface area contributed by atoms with Gasteiger partial charge in [-0.25, -0.2) is 0 Å². The van der Waals surface area contributed by atoms with Crippen molar-refractivity contribution in [2.24, 2.45) is 0 Å². The van der Waals surface area contributed by atoms with E-state index in [1.807, 2.05) is 34.6 Å². The quantitative estimate of drug-likeness (QED) is 0.269. The second kappa shape index (κ2) is 15.0. The van der Waals surface area contributed by atoms with Crippen molar-refractivity contribution < 1.29 is 27.5 Å². The predicted molar refractivity (Wildman–Crippen MR) is 106 cm³/mol. The van der Waals surface area contributed by atoms with Gasteiger partial charge in [0.2, 0.25) is 0 Å². The lowest BCUT2D eigenvalue weighted by Crippen LogP contribution is -2.51. The van der Waals surface area contributed by atoms with E-state index in [1.54, 1.807) is 7.11 Å². The minimum Gasteiger partial charge on any atom is -0.376 e. The fourth-order valence-electron chi connectivity index (χ4n) is 3.03. The topological polar surface area (TPSA) is 55.4 Å². The molecule has 6 nitrogen and oxygen atoms in total. The third-order valence-corrected chi connectivity index (χ3v) is 7.96. The fraction of sp³-hybridized carbons (Fsp3) is 1.00. The summed E-state index contributed by atoms with van der Waals surface area (Å²) >= 11 is 0. The molecule has 0 aromatic rings. The maximum absolute atomic E-state index is 6.07. The van der Waals surface area contributed by atoms with E-state index in [0.29, 0.717) is 26.4 Å². The Morgan fingerprint density at radius 3 is 1.69 bits per heavy atom. The van der Waals surface area contributed by atoms with Gasteiger partial charge >= 0.3 is 8.80 Å². The minimum atomic E-state index is -2.71. The van der Waals surface area contributed by atoms with Crippen LogP contribution in [0.15, 0.2) is 0 Å². The largest absolute Gasteiger partial charge is 0.504 e. The molecule has 0 saturated heterocycles. The Morgan fingerprint density at radius 2 is 1.31 bits per heavy atom. The SMILES string of the molecule is CCO[Si](OCC)(OCC)C(CC)CC(C)OCC(C)OC(CC)OC. The maximum atomic E-state index is 6.07. The van der Waals surface area contributed by atoms with Crippen molar-refractivity contribution in [3.8, 4) is 0 Å². The molecule has 0 aliphatic carbocycles. The van der Waals surface area contributed by atoms with Crippen LogP contribution in [0.4, 0.5) is 0 Å². The van der Waals surface area contributed by atoms with Gasteiger partial charge in [-0.2, -0.15) is 0 Å². The molecule has 0 heterocycles. The molecule has 4 atom stereocenters. The van der Waals surface area contributed by atoms with Gasteiger partial charge in [0, 0.05) is 32.5 Å². The van der Waals surface area contributed by atoms with Gasteiger partial charge in [-0.05, 0) is 53.9 Å². The van der Waals surface area contributed by atoms with E-state index in [-0.39, 0.29) is 24.0 Å². The maximum Gasteiger partial charge on any atom is 0.504 e. The van der Waals surface area contributed by atoms with Crippen LogP contribution in [0.1, 0.15) is 67.7 Å². The number of rotatable bonds is 17. The molecule has 0 N–H and O–H groups in total. The van der Waals surface area contributed by atoms with Crippen LogP contribution in [0.2, 0.25) is 5.54 Å². The van der Waals surface area contributed by atoms with Crippen molar-refractivity contribution in [1.82, 2.24) is 0 Å². The normalized spacial score (nSPS) is 17.1. The van der Waals surface area contributed by atoms with Crippen LogP contribution in [0.5, 0.6) is 0 Å². The average molecular weight is 395 g/mol. The van der Waals surface area contributed by atoms with Crippen LogP contribution >= 0.6 is 0 Å². The molecule has 0 saturated carbocycles. The molecule has 0 radical (unpaired) electrons. The van der Waals surface area contributed by atoms with Gasteiger partial charge in [0.05, 0.1) is 18.8 Å². The van der Waals surface area contributed by atoms with E-state index in [4.69, 9.17) is 27.5 Å². The zero-order valence-corrected chi connectivity index (χ0v) is 19.2. The van der Waals surface area contributed by atoms with Gasteiger partial charge in [-0.3, -0.25) is 0 Å². The van der Waals surface area contributed by atoms with Crippen LogP contribution in [-0.4, -0.2) is 60.8 Å². The van der Waals surface area contributed by atoms with Crippen LogP contribution in [-0.2, 0) is 27.5 Å². The van der Waals surface area contributed by atoms with Crippen LogP contribution in [0.3, 0.4) is 0 Å². The zero-order chi connectivity index (χ0) is 20.0. The summed E-state index contributed by atoms with van der Waals surface area (Å²) in [4.78, 5) is 0. The van der Waals surface area contributed by atoms with Gasteiger partial charge in [0.15, 0.2) is 6.29 Å². The summed E-state index contributed by atoms with van der Waals surface area (Å²) in [5.41, 5.74) is 0.218. The van der Waals surface area contributed by atoms with E-state index in [0.717, 1.165) is 19.3 Å². The summed E-state index contributed by atoms with van der Waals surface area (Å²) < 4.78 is 35.3. The minimum absolute atomic E-state index is 0.0184. The van der Waals surface area contributed by atoms with Crippen molar-refractivity contribution >= 4 is 8.80 Å².